The molecule has 1 fully saturated rings. The van der Waals surface area contributed by atoms with Gasteiger partial charge in [0.25, 0.3) is 0 Å². The molecule has 5 nitrogen and oxygen atoms in total. The molecule has 1 aromatic heterocycles. The standard InChI is InChI=1S/C16H29N5/c1-4-8-14-15(17-5-2)18-12-19-16(14)20-13-9-7-10-21(6-3)11-13/h12-13H,4-11H2,1-3H3,(H2,17,18,19,20). The summed E-state index contributed by atoms with van der Waals surface area (Å²) in [5, 5.41) is 7.02. The van der Waals surface area contributed by atoms with Gasteiger partial charge in [-0.3, -0.25) is 0 Å². The second-order valence-corrected chi connectivity index (χ2v) is 5.71. The number of nitrogens with zero attached hydrogens (tertiary/aromatic N) is 3. The van der Waals surface area contributed by atoms with Gasteiger partial charge in [-0.2, -0.15) is 0 Å². The lowest BCUT2D eigenvalue weighted by atomic mass is 10.0. The van der Waals surface area contributed by atoms with Gasteiger partial charge in [0, 0.05) is 24.7 Å². The van der Waals surface area contributed by atoms with E-state index in [1.165, 1.54) is 24.9 Å². The van der Waals surface area contributed by atoms with Crippen LogP contribution in [0, 0.1) is 0 Å². The van der Waals surface area contributed by atoms with Gasteiger partial charge < -0.3 is 15.5 Å². The molecule has 1 aliphatic heterocycles. The summed E-state index contributed by atoms with van der Waals surface area (Å²) in [6.45, 7) is 10.9. The SMILES string of the molecule is CCCc1c(NCC)ncnc1NC1CCCN(CC)C1. The molecule has 0 bridgehead atoms. The number of likely N-dealkylation sites (N-methyl/N-ethyl adjacent to an activating group) is 1. The number of piperidine rings is 1. The van der Waals surface area contributed by atoms with Crippen molar-refractivity contribution in [3.05, 3.63) is 11.9 Å². The van der Waals surface area contributed by atoms with Crippen molar-refractivity contribution >= 4 is 11.6 Å². The summed E-state index contributed by atoms with van der Waals surface area (Å²) in [7, 11) is 0. The quantitative estimate of drug-likeness (QED) is 0.809. The van der Waals surface area contributed by atoms with Crippen LogP contribution in [-0.4, -0.2) is 47.1 Å². The van der Waals surface area contributed by atoms with E-state index in [4.69, 9.17) is 0 Å². The zero-order valence-electron chi connectivity index (χ0n) is 13.7. The Morgan fingerprint density at radius 3 is 2.76 bits per heavy atom. The molecule has 1 aliphatic rings. The van der Waals surface area contributed by atoms with Crippen molar-refractivity contribution in [3.8, 4) is 0 Å². The molecule has 1 atom stereocenters. The van der Waals surface area contributed by atoms with Crippen LogP contribution in [0.2, 0.25) is 0 Å². The van der Waals surface area contributed by atoms with E-state index in [-0.39, 0.29) is 0 Å². The molecule has 2 heterocycles. The first-order valence-electron chi connectivity index (χ1n) is 8.35. The van der Waals surface area contributed by atoms with Gasteiger partial charge in [0.05, 0.1) is 0 Å². The van der Waals surface area contributed by atoms with Gasteiger partial charge >= 0.3 is 0 Å². The van der Waals surface area contributed by atoms with Crippen molar-refractivity contribution in [1.82, 2.24) is 14.9 Å². The lowest BCUT2D eigenvalue weighted by molar-refractivity contribution is 0.226. The van der Waals surface area contributed by atoms with E-state index in [2.05, 4.69) is 46.3 Å². The normalized spacial score (nSPS) is 19.5. The highest BCUT2D eigenvalue weighted by atomic mass is 15.2. The summed E-state index contributed by atoms with van der Waals surface area (Å²) in [6.07, 6.45) is 6.27. The zero-order valence-corrected chi connectivity index (χ0v) is 13.7. The number of nitrogens with one attached hydrogen (secondary N) is 2. The smallest absolute Gasteiger partial charge is 0.134 e. The number of likely N-dealkylation sites (tertiary alicyclic amines) is 1. The van der Waals surface area contributed by atoms with Crippen molar-refractivity contribution in [1.29, 1.82) is 0 Å². The molecule has 0 radical (unpaired) electrons. The monoisotopic (exact) mass is 291 g/mol. The molecule has 2 rings (SSSR count). The highest BCUT2D eigenvalue weighted by molar-refractivity contribution is 5.57. The molecule has 0 spiro atoms. The molecule has 1 aromatic rings. The highest BCUT2D eigenvalue weighted by Crippen LogP contribution is 2.24. The van der Waals surface area contributed by atoms with E-state index < -0.39 is 0 Å². The lowest BCUT2D eigenvalue weighted by Gasteiger charge is -2.33. The van der Waals surface area contributed by atoms with Crippen LogP contribution in [0.4, 0.5) is 11.6 Å². The second-order valence-electron chi connectivity index (χ2n) is 5.71. The Kier molecular flexibility index (Phi) is 6.23. The number of aromatic nitrogens is 2. The lowest BCUT2D eigenvalue weighted by Crippen LogP contribution is -2.42. The van der Waals surface area contributed by atoms with Gasteiger partial charge in [-0.25, -0.2) is 9.97 Å². The third-order valence-electron chi connectivity index (χ3n) is 4.08. The molecule has 5 heteroatoms. The summed E-state index contributed by atoms with van der Waals surface area (Å²) in [6, 6.07) is 0.499. The summed E-state index contributed by atoms with van der Waals surface area (Å²) in [5.41, 5.74) is 1.23. The van der Waals surface area contributed by atoms with Crippen LogP contribution in [0.15, 0.2) is 6.33 Å². The van der Waals surface area contributed by atoms with Crippen LogP contribution in [-0.2, 0) is 6.42 Å². The number of hydrogen-bond donors (Lipinski definition) is 2. The van der Waals surface area contributed by atoms with E-state index >= 15 is 0 Å². The van der Waals surface area contributed by atoms with Crippen LogP contribution in [0.1, 0.15) is 45.6 Å². The predicted octanol–water partition coefficient (Wildman–Crippen LogP) is 2.76. The maximum atomic E-state index is 4.50. The maximum Gasteiger partial charge on any atom is 0.134 e. The van der Waals surface area contributed by atoms with Crippen molar-refractivity contribution in [3.63, 3.8) is 0 Å². The van der Waals surface area contributed by atoms with Crippen LogP contribution in [0.5, 0.6) is 0 Å². The minimum atomic E-state index is 0.499. The molecule has 2 N–H and O–H groups in total. The molecular weight excluding hydrogens is 262 g/mol. The summed E-state index contributed by atoms with van der Waals surface area (Å²) < 4.78 is 0. The topological polar surface area (TPSA) is 53.1 Å². The minimum Gasteiger partial charge on any atom is -0.370 e. The Hall–Kier alpha value is -1.36. The van der Waals surface area contributed by atoms with Crippen LogP contribution >= 0.6 is 0 Å². The molecule has 1 saturated heterocycles. The first kappa shape index (κ1) is 16.0. The van der Waals surface area contributed by atoms with E-state index in [0.29, 0.717) is 6.04 Å². The van der Waals surface area contributed by atoms with Crippen molar-refractivity contribution in [2.45, 2.75) is 52.5 Å². The molecule has 21 heavy (non-hydrogen) atoms. The fraction of sp³-hybridized carbons (Fsp3) is 0.750. The van der Waals surface area contributed by atoms with E-state index in [1.54, 1.807) is 6.33 Å². The second kappa shape index (κ2) is 8.17. The Labute approximate surface area is 128 Å². The maximum absolute atomic E-state index is 4.50. The molecule has 1 unspecified atom stereocenters. The van der Waals surface area contributed by atoms with Gasteiger partial charge in [0.15, 0.2) is 0 Å². The van der Waals surface area contributed by atoms with E-state index in [1.807, 2.05) is 0 Å². The summed E-state index contributed by atoms with van der Waals surface area (Å²) in [5.74, 6) is 2.01. The summed E-state index contributed by atoms with van der Waals surface area (Å²) in [4.78, 5) is 11.4. The van der Waals surface area contributed by atoms with E-state index in [9.17, 15) is 0 Å². The molecule has 0 aliphatic carbocycles. The third kappa shape index (κ3) is 4.30. The van der Waals surface area contributed by atoms with E-state index in [0.717, 1.165) is 44.1 Å². The Morgan fingerprint density at radius 1 is 1.24 bits per heavy atom. The van der Waals surface area contributed by atoms with Crippen LogP contribution in [0.3, 0.4) is 0 Å². The predicted molar refractivity (Wildman–Crippen MR) is 88.9 cm³/mol. The first-order valence-corrected chi connectivity index (χ1v) is 8.35. The Balaban J connectivity index is 2.12. The fourth-order valence-electron chi connectivity index (χ4n) is 3.00. The van der Waals surface area contributed by atoms with Gasteiger partial charge in [0.2, 0.25) is 0 Å². The summed E-state index contributed by atoms with van der Waals surface area (Å²) >= 11 is 0. The molecule has 118 valence electrons. The van der Waals surface area contributed by atoms with Gasteiger partial charge in [-0.15, -0.1) is 0 Å². The van der Waals surface area contributed by atoms with Crippen LogP contribution < -0.4 is 10.6 Å². The number of hydrogen-bond acceptors (Lipinski definition) is 5. The van der Waals surface area contributed by atoms with Crippen molar-refractivity contribution in [2.24, 2.45) is 0 Å². The van der Waals surface area contributed by atoms with Crippen molar-refractivity contribution < 1.29 is 0 Å². The minimum absolute atomic E-state index is 0.499. The third-order valence-corrected chi connectivity index (χ3v) is 4.08. The first-order chi connectivity index (χ1) is 10.3. The largest absolute Gasteiger partial charge is 0.370 e. The average Bonchev–Trinajstić information content (AvgIpc) is 2.51. The highest BCUT2D eigenvalue weighted by Gasteiger charge is 2.20. The fourth-order valence-corrected chi connectivity index (χ4v) is 3.00. The van der Waals surface area contributed by atoms with Gasteiger partial charge in [0.1, 0.15) is 18.0 Å². The zero-order chi connectivity index (χ0) is 15.1. The number of rotatable bonds is 7. The van der Waals surface area contributed by atoms with Gasteiger partial charge in [-0.1, -0.05) is 20.3 Å². The molecule has 0 saturated carbocycles. The Morgan fingerprint density at radius 2 is 2.05 bits per heavy atom. The van der Waals surface area contributed by atoms with Crippen LogP contribution in [0.25, 0.3) is 0 Å². The van der Waals surface area contributed by atoms with Crippen molar-refractivity contribution in [2.75, 3.05) is 36.8 Å². The molecular formula is C16H29N5. The Bertz CT molecular complexity index is 435. The van der Waals surface area contributed by atoms with Gasteiger partial charge in [-0.05, 0) is 39.3 Å². The average molecular weight is 291 g/mol. The molecule has 0 amide bonds. The molecule has 0 aromatic carbocycles. The number of anilines is 2.